The average molecular weight is 394 g/mol. The van der Waals surface area contributed by atoms with Crippen molar-refractivity contribution in [2.45, 2.75) is 38.0 Å². The Kier molecular flexibility index (Phi) is 5.93. The van der Waals surface area contributed by atoms with Crippen molar-refractivity contribution >= 4 is 11.8 Å². The maximum Gasteiger partial charge on any atom is 0.253 e. The Labute approximate surface area is 171 Å². The van der Waals surface area contributed by atoms with Gasteiger partial charge in [-0.1, -0.05) is 24.3 Å². The molecule has 29 heavy (non-hydrogen) atoms. The fourth-order valence-corrected chi connectivity index (χ4v) is 4.55. The standard InChI is InChI=1S/C24H27FN2O2/c25-21-10-8-19(9-11-21)24(29)27-14-12-18(13-15-27)23(28)26-16-20-6-3-5-17-4-1-2-7-22(17)20/h1-2,4,7-11,18,20H,3,5-6,12-16H2,(H,26,28). The van der Waals surface area contributed by atoms with Crippen molar-refractivity contribution in [3.05, 3.63) is 71.0 Å². The zero-order chi connectivity index (χ0) is 20.2. The number of aryl methyl sites for hydroxylation is 1. The average Bonchev–Trinajstić information content (AvgIpc) is 2.77. The molecule has 152 valence electrons. The third-order valence-electron chi connectivity index (χ3n) is 6.26. The van der Waals surface area contributed by atoms with Gasteiger partial charge in [0.25, 0.3) is 5.91 Å². The Morgan fingerprint density at radius 1 is 1.00 bits per heavy atom. The third kappa shape index (κ3) is 4.50. The molecule has 2 aromatic carbocycles. The van der Waals surface area contributed by atoms with Gasteiger partial charge in [-0.15, -0.1) is 0 Å². The largest absolute Gasteiger partial charge is 0.355 e. The van der Waals surface area contributed by atoms with E-state index >= 15 is 0 Å². The molecule has 1 N–H and O–H groups in total. The number of hydrogen-bond acceptors (Lipinski definition) is 2. The van der Waals surface area contributed by atoms with Crippen molar-refractivity contribution in [3.63, 3.8) is 0 Å². The first-order valence-corrected chi connectivity index (χ1v) is 10.5. The number of carbonyl (C=O) groups excluding carboxylic acids is 2. The monoisotopic (exact) mass is 394 g/mol. The highest BCUT2D eigenvalue weighted by Gasteiger charge is 2.28. The van der Waals surface area contributed by atoms with Crippen LogP contribution in [-0.4, -0.2) is 36.3 Å². The summed E-state index contributed by atoms with van der Waals surface area (Å²) in [4.78, 5) is 27.0. The molecule has 0 saturated carbocycles. The lowest BCUT2D eigenvalue weighted by Gasteiger charge is -2.32. The molecule has 1 saturated heterocycles. The number of amides is 2. The summed E-state index contributed by atoms with van der Waals surface area (Å²) in [6.07, 6.45) is 4.74. The molecule has 0 aromatic heterocycles. The van der Waals surface area contributed by atoms with Crippen molar-refractivity contribution in [2.24, 2.45) is 5.92 Å². The molecule has 1 unspecified atom stereocenters. The first kappa shape index (κ1) is 19.6. The van der Waals surface area contributed by atoms with E-state index in [1.165, 1.54) is 41.8 Å². The van der Waals surface area contributed by atoms with Gasteiger partial charge < -0.3 is 10.2 Å². The van der Waals surface area contributed by atoms with Crippen LogP contribution in [0.15, 0.2) is 48.5 Å². The number of piperidine rings is 1. The molecule has 1 fully saturated rings. The molecule has 1 aliphatic heterocycles. The lowest BCUT2D eigenvalue weighted by atomic mass is 9.82. The minimum Gasteiger partial charge on any atom is -0.355 e. The molecule has 5 heteroatoms. The van der Waals surface area contributed by atoms with E-state index in [2.05, 4.69) is 29.6 Å². The van der Waals surface area contributed by atoms with Gasteiger partial charge in [0.1, 0.15) is 5.82 Å². The SMILES string of the molecule is O=C(NCC1CCCc2ccccc21)C1CCN(C(=O)c2ccc(F)cc2)CC1. The summed E-state index contributed by atoms with van der Waals surface area (Å²) < 4.78 is 13.1. The fraction of sp³-hybridized carbons (Fsp3) is 0.417. The van der Waals surface area contributed by atoms with Crippen LogP contribution in [0.25, 0.3) is 0 Å². The number of nitrogens with one attached hydrogen (secondary N) is 1. The summed E-state index contributed by atoms with van der Waals surface area (Å²) in [5.41, 5.74) is 3.27. The Morgan fingerprint density at radius 2 is 1.72 bits per heavy atom. The molecular formula is C24H27FN2O2. The molecule has 2 aliphatic rings. The Hall–Kier alpha value is -2.69. The highest BCUT2D eigenvalue weighted by atomic mass is 19.1. The molecule has 0 bridgehead atoms. The number of likely N-dealkylation sites (tertiary alicyclic amines) is 1. The number of nitrogens with zero attached hydrogens (tertiary/aromatic N) is 1. The Bertz CT molecular complexity index is 873. The summed E-state index contributed by atoms with van der Waals surface area (Å²) in [6, 6.07) is 14.2. The van der Waals surface area contributed by atoms with Crippen LogP contribution in [-0.2, 0) is 11.2 Å². The van der Waals surface area contributed by atoms with E-state index < -0.39 is 0 Å². The normalized spacial score (nSPS) is 19.5. The lowest BCUT2D eigenvalue weighted by Crippen LogP contribution is -2.43. The minimum atomic E-state index is -0.350. The van der Waals surface area contributed by atoms with Gasteiger partial charge in [0.15, 0.2) is 0 Å². The van der Waals surface area contributed by atoms with E-state index in [0.717, 1.165) is 12.8 Å². The van der Waals surface area contributed by atoms with Gasteiger partial charge in [-0.25, -0.2) is 4.39 Å². The highest BCUT2D eigenvalue weighted by molar-refractivity contribution is 5.94. The van der Waals surface area contributed by atoms with Crippen LogP contribution < -0.4 is 5.32 Å². The van der Waals surface area contributed by atoms with Crippen LogP contribution in [0.1, 0.15) is 53.1 Å². The first-order valence-electron chi connectivity index (χ1n) is 10.5. The maximum absolute atomic E-state index is 13.1. The van der Waals surface area contributed by atoms with Gasteiger partial charge in [0.2, 0.25) is 5.91 Å². The van der Waals surface area contributed by atoms with E-state index in [-0.39, 0.29) is 23.5 Å². The van der Waals surface area contributed by atoms with Gasteiger partial charge in [-0.3, -0.25) is 9.59 Å². The van der Waals surface area contributed by atoms with Crippen molar-refractivity contribution in [1.29, 1.82) is 0 Å². The lowest BCUT2D eigenvalue weighted by molar-refractivity contribution is -0.126. The van der Waals surface area contributed by atoms with Gasteiger partial charge in [0.05, 0.1) is 0 Å². The molecule has 1 heterocycles. The number of rotatable bonds is 4. The van der Waals surface area contributed by atoms with Crippen LogP contribution >= 0.6 is 0 Å². The second kappa shape index (κ2) is 8.76. The minimum absolute atomic E-state index is 0.0499. The smallest absolute Gasteiger partial charge is 0.253 e. The van der Waals surface area contributed by atoms with E-state index in [1.54, 1.807) is 4.90 Å². The summed E-state index contributed by atoms with van der Waals surface area (Å²) in [5, 5.41) is 3.16. The number of benzene rings is 2. The van der Waals surface area contributed by atoms with E-state index in [1.807, 2.05) is 0 Å². The summed E-state index contributed by atoms with van der Waals surface area (Å²) in [6.45, 7) is 1.80. The number of halogens is 1. The highest BCUT2D eigenvalue weighted by Crippen LogP contribution is 2.31. The molecule has 4 nitrogen and oxygen atoms in total. The van der Waals surface area contributed by atoms with Gasteiger partial charge in [-0.2, -0.15) is 0 Å². The second-order valence-corrected chi connectivity index (χ2v) is 8.11. The van der Waals surface area contributed by atoms with Crippen molar-refractivity contribution < 1.29 is 14.0 Å². The second-order valence-electron chi connectivity index (χ2n) is 8.11. The maximum atomic E-state index is 13.1. The fourth-order valence-electron chi connectivity index (χ4n) is 4.55. The topological polar surface area (TPSA) is 49.4 Å². The van der Waals surface area contributed by atoms with Crippen molar-refractivity contribution in [3.8, 4) is 0 Å². The van der Waals surface area contributed by atoms with Crippen LogP contribution in [0, 0.1) is 11.7 Å². The summed E-state index contributed by atoms with van der Waals surface area (Å²) in [5.74, 6) is -0.00253. The molecule has 0 radical (unpaired) electrons. The van der Waals surface area contributed by atoms with Crippen LogP contribution in [0.2, 0.25) is 0 Å². The zero-order valence-electron chi connectivity index (χ0n) is 16.6. The van der Waals surface area contributed by atoms with Crippen LogP contribution in [0.3, 0.4) is 0 Å². The molecular weight excluding hydrogens is 367 g/mol. The van der Waals surface area contributed by atoms with Crippen LogP contribution in [0.5, 0.6) is 0 Å². The van der Waals surface area contributed by atoms with Gasteiger partial charge in [-0.05, 0) is 67.5 Å². The number of hydrogen-bond donors (Lipinski definition) is 1. The van der Waals surface area contributed by atoms with E-state index in [9.17, 15) is 14.0 Å². The Morgan fingerprint density at radius 3 is 2.48 bits per heavy atom. The van der Waals surface area contributed by atoms with E-state index in [4.69, 9.17) is 0 Å². The molecule has 4 rings (SSSR count). The van der Waals surface area contributed by atoms with Crippen LogP contribution in [0.4, 0.5) is 4.39 Å². The third-order valence-corrected chi connectivity index (χ3v) is 6.26. The predicted octanol–water partition coefficient (Wildman–Crippen LogP) is 3.91. The summed E-state index contributed by atoms with van der Waals surface area (Å²) >= 11 is 0. The molecule has 2 aromatic rings. The molecule has 2 amide bonds. The van der Waals surface area contributed by atoms with E-state index in [0.29, 0.717) is 44.0 Å². The number of fused-ring (bicyclic) bond motifs is 1. The molecule has 1 aliphatic carbocycles. The number of carbonyl (C=O) groups is 2. The Balaban J connectivity index is 1.27. The predicted molar refractivity (Wildman–Crippen MR) is 110 cm³/mol. The summed E-state index contributed by atoms with van der Waals surface area (Å²) in [7, 11) is 0. The first-order chi connectivity index (χ1) is 14.1. The van der Waals surface area contributed by atoms with Gasteiger partial charge >= 0.3 is 0 Å². The van der Waals surface area contributed by atoms with Crippen molar-refractivity contribution in [2.75, 3.05) is 19.6 Å². The van der Waals surface area contributed by atoms with Gasteiger partial charge in [0, 0.05) is 37.0 Å². The van der Waals surface area contributed by atoms with Crippen molar-refractivity contribution in [1.82, 2.24) is 10.2 Å². The molecule has 1 atom stereocenters. The molecule has 0 spiro atoms. The zero-order valence-corrected chi connectivity index (χ0v) is 16.6. The quantitative estimate of drug-likeness (QED) is 0.855.